The zero-order chi connectivity index (χ0) is 46.6. The minimum absolute atomic E-state index is 0.694. The van der Waals surface area contributed by atoms with E-state index in [1.807, 2.05) is 82.6 Å². The summed E-state index contributed by atoms with van der Waals surface area (Å²) >= 11 is 0. The Morgan fingerprint density at radius 2 is 0.657 bits per heavy atom. The summed E-state index contributed by atoms with van der Waals surface area (Å²) in [6, 6.07) is 75.4. The molecule has 9 heteroatoms. The third kappa shape index (κ3) is 8.24. The van der Waals surface area contributed by atoms with Gasteiger partial charge >= 0.3 is 0 Å². The number of hydrogen-bond donors (Lipinski definition) is 0. The lowest BCUT2D eigenvalue weighted by molar-refractivity contribution is 0.863. The van der Waals surface area contributed by atoms with Gasteiger partial charge in [0.15, 0.2) is 11.6 Å². The summed E-state index contributed by atoms with van der Waals surface area (Å²) in [5.41, 5.74) is 17.9. The first kappa shape index (κ1) is 41.7. The van der Waals surface area contributed by atoms with Gasteiger partial charge in [-0.15, -0.1) is 0 Å². The third-order valence-electron chi connectivity index (χ3n) is 12.5. The second kappa shape index (κ2) is 18.5. The highest BCUT2D eigenvalue weighted by molar-refractivity contribution is 5.94. The van der Waals surface area contributed by atoms with Crippen LogP contribution in [0.4, 0.5) is 0 Å². The van der Waals surface area contributed by atoms with Gasteiger partial charge in [-0.1, -0.05) is 158 Å². The molecule has 0 saturated heterocycles. The van der Waals surface area contributed by atoms with Crippen molar-refractivity contribution in [2.75, 3.05) is 0 Å². The van der Waals surface area contributed by atoms with Crippen LogP contribution in [0.3, 0.4) is 0 Å². The lowest BCUT2D eigenvalue weighted by Gasteiger charge is -2.18. The van der Waals surface area contributed by atoms with E-state index in [1.165, 1.54) is 5.56 Å². The van der Waals surface area contributed by atoms with Crippen molar-refractivity contribution in [1.82, 2.24) is 44.5 Å². The standard InChI is InChI=1S/C61H41N9/c1-2-12-42(13-3-1)43-19-21-44(22-20-43)56-38-49(59-18-8-11-35-64-59)31-32-55(56)54-15-5-4-14-53(54)50-36-51(69-60(65-40-67-69)47-27-23-45(24-28-47)57-16-6-9-33-62-57)39-52(37-50)70-61(66-41-68-70)48-29-25-46(26-30-48)58-17-7-10-34-63-58/h1-41H. The molecule has 0 N–H and O–H groups in total. The summed E-state index contributed by atoms with van der Waals surface area (Å²) in [7, 11) is 0. The van der Waals surface area contributed by atoms with Crippen molar-refractivity contribution in [2.24, 2.45) is 0 Å². The second-order valence-electron chi connectivity index (χ2n) is 16.8. The van der Waals surface area contributed by atoms with E-state index in [9.17, 15) is 0 Å². The predicted molar refractivity (Wildman–Crippen MR) is 279 cm³/mol. The van der Waals surface area contributed by atoms with Gasteiger partial charge in [-0.25, -0.2) is 19.3 Å². The zero-order valence-corrected chi connectivity index (χ0v) is 37.7. The molecule has 0 amide bonds. The van der Waals surface area contributed by atoms with Crippen LogP contribution in [-0.4, -0.2) is 44.5 Å². The van der Waals surface area contributed by atoms with Gasteiger partial charge in [-0.2, -0.15) is 10.2 Å². The maximum absolute atomic E-state index is 4.86. The van der Waals surface area contributed by atoms with Gasteiger partial charge in [0.05, 0.1) is 28.5 Å². The molecule has 0 saturated carbocycles. The maximum atomic E-state index is 4.86. The highest BCUT2D eigenvalue weighted by atomic mass is 15.4. The molecule has 12 aromatic rings. The van der Waals surface area contributed by atoms with Crippen molar-refractivity contribution >= 4 is 0 Å². The molecule has 0 spiro atoms. The first-order valence-corrected chi connectivity index (χ1v) is 23.0. The highest BCUT2D eigenvalue weighted by Gasteiger charge is 2.20. The van der Waals surface area contributed by atoms with Gasteiger partial charge in [0.1, 0.15) is 12.7 Å². The summed E-state index contributed by atoms with van der Waals surface area (Å²) in [6.45, 7) is 0. The summed E-state index contributed by atoms with van der Waals surface area (Å²) < 4.78 is 3.79. The summed E-state index contributed by atoms with van der Waals surface area (Å²) in [5, 5.41) is 9.72. The molecule has 0 atom stereocenters. The van der Waals surface area contributed by atoms with Crippen LogP contribution in [0.25, 0.3) is 112 Å². The fraction of sp³-hybridized carbons (Fsp3) is 0. The monoisotopic (exact) mass is 899 g/mol. The van der Waals surface area contributed by atoms with Crippen molar-refractivity contribution in [2.45, 2.75) is 0 Å². The Labute approximate surface area is 404 Å². The van der Waals surface area contributed by atoms with Crippen LogP contribution in [0, 0.1) is 0 Å². The third-order valence-corrected chi connectivity index (χ3v) is 12.5. The largest absolute Gasteiger partial charge is 0.256 e. The summed E-state index contributed by atoms with van der Waals surface area (Å²) in [5.74, 6) is 1.39. The molecule has 7 aromatic carbocycles. The van der Waals surface area contributed by atoms with Gasteiger partial charge in [0.2, 0.25) is 0 Å². The van der Waals surface area contributed by atoms with Crippen molar-refractivity contribution in [1.29, 1.82) is 0 Å². The van der Waals surface area contributed by atoms with Crippen molar-refractivity contribution in [3.8, 4) is 112 Å². The van der Waals surface area contributed by atoms with Gasteiger partial charge in [0, 0.05) is 46.4 Å². The molecule has 5 aromatic heterocycles. The van der Waals surface area contributed by atoms with E-state index in [-0.39, 0.29) is 0 Å². The molecular formula is C61H41N9. The minimum atomic E-state index is 0.694. The first-order chi connectivity index (χ1) is 34.7. The fourth-order valence-electron chi connectivity index (χ4n) is 9.05. The quantitative estimate of drug-likeness (QED) is 0.127. The summed E-state index contributed by atoms with van der Waals surface area (Å²) in [4.78, 5) is 23.5. The number of benzene rings is 7. The number of hydrogen-bond acceptors (Lipinski definition) is 7. The molecule has 0 aliphatic carbocycles. The van der Waals surface area contributed by atoms with Crippen LogP contribution < -0.4 is 0 Å². The van der Waals surface area contributed by atoms with Crippen LogP contribution >= 0.6 is 0 Å². The average molecular weight is 900 g/mol. The molecule has 0 aliphatic heterocycles. The number of pyridine rings is 3. The SMILES string of the molecule is c1ccc(-c2ccc(-c3cc(-c4ccccn4)ccc3-c3ccccc3-c3cc(-n4ncnc4-c4ccc(-c5ccccn5)cc4)cc(-n4ncnc4-c4ccc(-c5ccccn5)cc4)c3)cc2)cc1. The molecule has 0 fully saturated rings. The Bertz CT molecular complexity index is 3580. The van der Waals surface area contributed by atoms with Gasteiger partial charge in [-0.3, -0.25) is 15.0 Å². The van der Waals surface area contributed by atoms with Crippen molar-refractivity contribution in [3.05, 3.63) is 250 Å². The highest BCUT2D eigenvalue weighted by Crippen LogP contribution is 2.42. The van der Waals surface area contributed by atoms with E-state index in [0.717, 1.165) is 95.2 Å². The maximum Gasteiger partial charge on any atom is 0.163 e. The van der Waals surface area contributed by atoms with Crippen molar-refractivity contribution in [3.63, 3.8) is 0 Å². The first-order valence-electron chi connectivity index (χ1n) is 23.0. The fourth-order valence-corrected chi connectivity index (χ4v) is 9.05. The lowest BCUT2D eigenvalue weighted by atomic mass is 9.87. The van der Waals surface area contributed by atoms with Gasteiger partial charge < -0.3 is 0 Å². The molecule has 9 nitrogen and oxygen atoms in total. The second-order valence-corrected chi connectivity index (χ2v) is 16.8. The summed E-state index contributed by atoms with van der Waals surface area (Å²) in [6.07, 6.45) is 8.66. The van der Waals surface area contributed by atoms with Gasteiger partial charge in [-0.05, 0) is 105 Å². The molecule has 5 heterocycles. The molecule has 330 valence electrons. The van der Waals surface area contributed by atoms with Crippen LogP contribution in [0.1, 0.15) is 0 Å². The van der Waals surface area contributed by atoms with E-state index in [4.69, 9.17) is 25.1 Å². The predicted octanol–water partition coefficient (Wildman–Crippen LogP) is 14.0. The number of rotatable bonds is 11. The molecular weight excluding hydrogens is 859 g/mol. The van der Waals surface area contributed by atoms with Crippen molar-refractivity contribution < 1.29 is 0 Å². The van der Waals surface area contributed by atoms with E-state index in [2.05, 4.69) is 174 Å². The molecule has 0 aliphatic rings. The Morgan fingerprint density at radius 1 is 0.243 bits per heavy atom. The molecule has 70 heavy (non-hydrogen) atoms. The molecule has 0 radical (unpaired) electrons. The Balaban J connectivity index is 1.01. The Kier molecular flexibility index (Phi) is 11.0. The minimum Gasteiger partial charge on any atom is -0.256 e. The number of aromatic nitrogens is 9. The van der Waals surface area contributed by atoms with Gasteiger partial charge in [0.25, 0.3) is 0 Å². The molecule has 0 bridgehead atoms. The van der Waals surface area contributed by atoms with Crippen LogP contribution in [-0.2, 0) is 0 Å². The van der Waals surface area contributed by atoms with E-state index in [1.54, 1.807) is 12.7 Å². The zero-order valence-electron chi connectivity index (χ0n) is 37.7. The van der Waals surface area contributed by atoms with E-state index >= 15 is 0 Å². The van der Waals surface area contributed by atoms with E-state index < -0.39 is 0 Å². The van der Waals surface area contributed by atoms with Crippen LogP contribution in [0.5, 0.6) is 0 Å². The van der Waals surface area contributed by atoms with Crippen LogP contribution in [0.2, 0.25) is 0 Å². The Morgan fingerprint density at radius 3 is 1.19 bits per heavy atom. The Hall–Kier alpha value is -9.73. The van der Waals surface area contributed by atoms with E-state index in [0.29, 0.717) is 11.6 Å². The smallest absolute Gasteiger partial charge is 0.163 e. The molecule has 0 unspecified atom stereocenters. The lowest BCUT2D eigenvalue weighted by Crippen LogP contribution is -2.05. The average Bonchev–Trinajstić information content (AvgIpc) is 4.16. The molecule has 12 rings (SSSR count). The topological polar surface area (TPSA) is 100 Å². The van der Waals surface area contributed by atoms with Crippen LogP contribution in [0.15, 0.2) is 250 Å². The number of nitrogens with zero attached hydrogens (tertiary/aromatic N) is 9. The normalized spacial score (nSPS) is 11.1.